The second-order valence-corrected chi connectivity index (χ2v) is 5.92. The van der Waals surface area contributed by atoms with Gasteiger partial charge in [-0.1, -0.05) is 19.9 Å². The van der Waals surface area contributed by atoms with Gasteiger partial charge in [0.25, 0.3) is 5.91 Å². The average molecular weight is 342 g/mol. The number of carbonyl (C=O) groups is 2. The van der Waals surface area contributed by atoms with Crippen molar-refractivity contribution in [1.29, 1.82) is 0 Å². The average Bonchev–Trinajstić information content (AvgIpc) is 2.61. The fourth-order valence-electron chi connectivity index (χ4n) is 2.10. The standard InChI is InChI=1S/C18H22N4O3/c1-12(2)7-8-19-16-10-15(20-11-21-16)17(23)22-14-6-4-5-13(9-14)18(24)25-3/h4-6,9-12H,7-8H2,1-3H3,(H,22,23)(H,19,20,21). The maximum atomic E-state index is 12.4. The molecule has 0 saturated heterocycles. The van der Waals surface area contributed by atoms with Crippen LogP contribution >= 0.6 is 0 Å². The molecule has 0 atom stereocenters. The Morgan fingerprint density at radius 2 is 2.00 bits per heavy atom. The summed E-state index contributed by atoms with van der Waals surface area (Å²) >= 11 is 0. The predicted molar refractivity (Wildman–Crippen MR) is 95.7 cm³/mol. The molecule has 132 valence electrons. The normalized spacial score (nSPS) is 10.4. The molecule has 25 heavy (non-hydrogen) atoms. The van der Waals surface area contributed by atoms with Crippen LogP contribution in [0.1, 0.15) is 41.1 Å². The lowest BCUT2D eigenvalue weighted by Gasteiger charge is -2.09. The van der Waals surface area contributed by atoms with Crippen molar-refractivity contribution in [3.8, 4) is 0 Å². The highest BCUT2D eigenvalue weighted by atomic mass is 16.5. The maximum Gasteiger partial charge on any atom is 0.337 e. The molecule has 0 unspecified atom stereocenters. The zero-order valence-electron chi connectivity index (χ0n) is 14.6. The van der Waals surface area contributed by atoms with Gasteiger partial charge in [0.05, 0.1) is 12.7 Å². The third-order valence-electron chi connectivity index (χ3n) is 3.47. The fourth-order valence-corrected chi connectivity index (χ4v) is 2.10. The van der Waals surface area contributed by atoms with E-state index in [2.05, 4.69) is 39.2 Å². The summed E-state index contributed by atoms with van der Waals surface area (Å²) in [5, 5.41) is 5.89. The molecule has 7 nitrogen and oxygen atoms in total. The van der Waals surface area contributed by atoms with Crippen LogP contribution in [0.3, 0.4) is 0 Å². The Bertz CT molecular complexity index is 747. The van der Waals surface area contributed by atoms with Crippen molar-refractivity contribution in [1.82, 2.24) is 9.97 Å². The number of hydrogen-bond acceptors (Lipinski definition) is 6. The van der Waals surface area contributed by atoms with Gasteiger partial charge in [-0.25, -0.2) is 14.8 Å². The lowest BCUT2D eigenvalue weighted by molar-refractivity contribution is 0.0600. The number of benzene rings is 1. The third-order valence-corrected chi connectivity index (χ3v) is 3.47. The number of ether oxygens (including phenoxy) is 1. The minimum absolute atomic E-state index is 0.241. The molecule has 1 aromatic carbocycles. The number of rotatable bonds is 7. The lowest BCUT2D eigenvalue weighted by Crippen LogP contribution is -2.15. The SMILES string of the molecule is COC(=O)c1cccc(NC(=O)c2cc(NCCC(C)C)ncn2)c1. The van der Waals surface area contributed by atoms with E-state index in [9.17, 15) is 9.59 Å². The van der Waals surface area contributed by atoms with Gasteiger partial charge in [-0.05, 0) is 30.5 Å². The number of nitrogens with zero attached hydrogens (tertiary/aromatic N) is 2. The maximum absolute atomic E-state index is 12.4. The number of anilines is 2. The van der Waals surface area contributed by atoms with Gasteiger partial charge in [-0.15, -0.1) is 0 Å². The molecule has 2 aromatic rings. The number of carbonyl (C=O) groups excluding carboxylic acids is 2. The summed E-state index contributed by atoms with van der Waals surface area (Å²) in [6, 6.07) is 8.11. The van der Waals surface area contributed by atoms with Crippen molar-refractivity contribution < 1.29 is 14.3 Å². The zero-order valence-corrected chi connectivity index (χ0v) is 14.6. The molecule has 2 N–H and O–H groups in total. The highest BCUT2D eigenvalue weighted by Gasteiger charge is 2.11. The Labute approximate surface area is 146 Å². The summed E-state index contributed by atoms with van der Waals surface area (Å²) in [6.45, 7) is 5.06. The van der Waals surface area contributed by atoms with Crippen LogP contribution in [0.5, 0.6) is 0 Å². The van der Waals surface area contributed by atoms with E-state index < -0.39 is 5.97 Å². The second-order valence-electron chi connectivity index (χ2n) is 5.92. The molecule has 0 spiro atoms. The molecule has 0 radical (unpaired) electrons. The van der Waals surface area contributed by atoms with Crippen LogP contribution in [0.25, 0.3) is 0 Å². The van der Waals surface area contributed by atoms with Gasteiger partial charge >= 0.3 is 5.97 Å². The minimum Gasteiger partial charge on any atom is -0.465 e. The smallest absolute Gasteiger partial charge is 0.337 e. The van der Waals surface area contributed by atoms with Crippen LogP contribution in [0.2, 0.25) is 0 Å². The number of hydrogen-bond donors (Lipinski definition) is 2. The summed E-state index contributed by atoms with van der Waals surface area (Å²) in [5.41, 5.74) is 1.09. The van der Waals surface area contributed by atoms with Crippen LogP contribution in [0.4, 0.5) is 11.5 Å². The van der Waals surface area contributed by atoms with Crippen LogP contribution < -0.4 is 10.6 Å². The molecule has 7 heteroatoms. The first-order valence-electron chi connectivity index (χ1n) is 8.05. The van der Waals surface area contributed by atoms with Gasteiger partial charge in [0, 0.05) is 18.3 Å². The van der Waals surface area contributed by atoms with E-state index >= 15 is 0 Å². The highest BCUT2D eigenvalue weighted by Crippen LogP contribution is 2.13. The number of nitrogens with one attached hydrogen (secondary N) is 2. The quantitative estimate of drug-likeness (QED) is 0.752. The Morgan fingerprint density at radius 3 is 2.72 bits per heavy atom. The van der Waals surface area contributed by atoms with Crippen LogP contribution in [0, 0.1) is 5.92 Å². The van der Waals surface area contributed by atoms with E-state index in [4.69, 9.17) is 0 Å². The van der Waals surface area contributed by atoms with Crippen molar-refractivity contribution in [2.45, 2.75) is 20.3 Å². The summed E-state index contributed by atoms with van der Waals surface area (Å²) in [4.78, 5) is 32.0. The van der Waals surface area contributed by atoms with E-state index in [-0.39, 0.29) is 11.6 Å². The van der Waals surface area contributed by atoms with Crippen LogP contribution in [-0.4, -0.2) is 35.5 Å². The molecule has 0 fully saturated rings. The number of aromatic nitrogens is 2. The van der Waals surface area contributed by atoms with Crippen LogP contribution in [0.15, 0.2) is 36.7 Å². The van der Waals surface area contributed by atoms with Gasteiger partial charge in [0.15, 0.2) is 0 Å². The van der Waals surface area contributed by atoms with Gasteiger partial charge in [0.2, 0.25) is 0 Å². The molecule has 0 aliphatic heterocycles. The zero-order chi connectivity index (χ0) is 18.2. The van der Waals surface area contributed by atoms with Crippen molar-refractivity contribution in [3.05, 3.63) is 47.9 Å². The highest BCUT2D eigenvalue weighted by molar-refractivity contribution is 6.03. The van der Waals surface area contributed by atoms with E-state index in [0.29, 0.717) is 23.0 Å². The summed E-state index contributed by atoms with van der Waals surface area (Å²) in [7, 11) is 1.31. The first-order chi connectivity index (χ1) is 12.0. The first kappa shape index (κ1) is 18.4. The fraction of sp³-hybridized carbons (Fsp3) is 0.333. The summed E-state index contributed by atoms with van der Waals surface area (Å²) in [6.07, 6.45) is 2.35. The number of esters is 1. The molecular weight excluding hydrogens is 320 g/mol. The van der Waals surface area contributed by atoms with Gasteiger partial charge < -0.3 is 15.4 Å². The number of amides is 1. The monoisotopic (exact) mass is 342 g/mol. The van der Waals surface area contributed by atoms with Gasteiger partial charge in [0.1, 0.15) is 17.8 Å². The van der Waals surface area contributed by atoms with Gasteiger partial charge in [-0.2, -0.15) is 0 Å². The van der Waals surface area contributed by atoms with Crippen molar-refractivity contribution in [2.75, 3.05) is 24.3 Å². The number of methoxy groups -OCH3 is 1. The van der Waals surface area contributed by atoms with Gasteiger partial charge in [-0.3, -0.25) is 4.79 Å². The second kappa shape index (κ2) is 8.77. The van der Waals surface area contributed by atoms with Crippen LogP contribution in [-0.2, 0) is 4.74 Å². The third kappa shape index (κ3) is 5.56. The lowest BCUT2D eigenvalue weighted by atomic mass is 10.1. The molecule has 0 bridgehead atoms. The van der Waals surface area contributed by atoms with Crippen molar-refractivity contribution in [3.63, 3.8) is 0 Å². The molecule has 1 aromatic heterocycles. The molecule has 1 heterocycles. The van der Waals surface area contributed by atoms with E-state index in [1.165, 1.54) is 13.4 Å². The summed E-state index contributed by atoms with van der Waals surface area (Å²) < 4.78 is 4.67. The molecule has 1 amide bonds. The largest absolute Gasteiger partial charge is 0.465 e. The topological polar surface area (TPSA) is 93.2 Å². The Hall–Kier alpha value is -2.96. The predicted octanol–water partition coefficient (Wildman–Crippen LogP) is 2.97. The Morgan fingerprint density at radius 1 is 1.20 bits per heavy atom. The first-order valence-corrected chi connectivity index (χ1v) is 8.05. The molecular formula is C18H22N4O3. The molecule has 2 rings (SSSR count). The van der Waals surface area contributed by atoms with E-state index in [1.54, 1.807) is 30.3 Å². The molecule has 0 aliphatic carbocycles. The van der Waals surface area contributed by atoms with E-state index in [0.717, 1.165) is 13.0 Å². The van der Waals surface area contributed by atoms with E-state index in [1.807, 2.05) is 0 Å². The summed E-state index contributed by atoms with van der Waals surface area (Å²) in [5.74, 6) is 0.342. The minimum atomic E-state index is -0.463. The molecule has 0 saturated carbocycles. The Balaban J connectivity index is 2.04. The molecule has 0 aliphatic rings. The van der Waals surface area contributed by atoms with Crippen molar-refractivity contribution >= 4 is 23.4 Å². The Kier molecular flexibility index (Phi) is 6.45. The van der Waals surface area contributed by atoms with Crippen molar-refractivity contribution in [2.24, 2.45) is 5.92 Å².